The van der Waals surface area contributed by atoms with Crippen LogP contribution in [-0.2, 0) is 0 Å². The summed E-state index contributed by atoms with van der Waals surface area (Å²) in [6, 6.07) is 0. The molecule has 1 aliphatic rings. The van der Waals surface area contributed by atoms with Crippen LogP contribution in [0.2, 0.25) is 0 Å². The molecule has 0 saturated heterocycles. The van der Waals surface area contributed by atoms with E-state index in [9.17, 15) is 0 Å². The van der Waals surface area contributed by atoms with E-state index in [2.05, 4.69) is 36.5 Å². The van der Waals surface area contributed by atoms with Gasteiger partial charge < -0.3 is 0 Å². The number of allylic oxidation sites excluding steroid dienone is 6. The van der Waals surface area contributed by atoms with E-state index in [1.165, 1.54) is 25.7 Å². The van der Waals surface area contributed by atoms with Gasteiger partial charge in [-0.1, -0.05) is 36.5 Å². The third-order valence-corrected chi connectivity index (χ3v) is 1.55. The second kappa shape index (κ2) is 5.04. The van der Waals surface area contributed by atoms with Crippen LogP contribution in [0.15, 0.2) is 36.5 Å². The summed E-state index contributed by atoms with van der Waals surface area (Å²) < 4.78 is 0. The van der Waals surface area contributed by atoms with Gasteiger partial charge in [0.2, 0.25) is 0 Å². The summed E-state index contributed by atoms with van der Waals surface area (Å²) in [5.74, 6) is 0. The van der Waals surface area contributed by atoms with Crippen molar-refractivity contribution in [1.29, 1.82) is 0 Å². The van der Waals surface area contributed by atoms with E-state index in [4.69, 9.17) is 0 Å². The van der Waals surface area contributed by atoms with Crippen LogP contribution in [0, 0.1) is 0 Å². The Morgan fingerprint density at radius 2 is 0.900 bits per heavy atom. The Hall–Kier alpha value is -0.780. The molecular formula is C10H14. The minimum Gasteiger partial charge on any atom is -0.0882 e. The molecule has 10 heavy (non-hydrogen) atoms. The summed E-state index contributed by atoms with van der Waals surface area (Å²) in [5.41, 5.74) is 0. The third kappa shape index (κ3) is 3.29. The van der Waals surface area contributed by atoms with Crippen LogP contribution in [0.25, 0.3) is 0 Å². The van der Waals surface area contributed by atoms with Crippen molar-refractivity contribution in [1.82, 2.24) is 0 Å². The molecule has 1 aliphatic carbocycles. The molecule has 0 fully saturated rings. The molecule has 0 heterocycles. The molecule has 0 saturated carbocycles. The molecule has 0 radical (unpaired) electrons. The molecule has 0 bridgehead atoms. The molecular weight excluding hydrogens is 120 g/mol. The van der Waals surface area contributed by atoms with Gasteiger partial charge in [0.1, 0.15) is 0 Å². The monoisotopic (exact) mass is 134 g/mol. The molecule has 0 aromatic heterocycles. The average Bonchev–Trinajstić information content (AvgIpc) is 2.01. The Morgan fingerprint density at radius 1 is 0.500 bits per heavy atom. The first-order valence-corrected chi connectivity index (χ1v) is 3.97. The summed E-state index contributed by atoms with van der Waals surface area (Å²) in [4.78, 5) is 0. The van der Waals surface area contributed by atoms with Gasteiger partial charge in [-0.3, -0.25) is 0 Å². The highest BCUT2D eigenvalue weighted by molar-refractivity contribution is 5.04. The standard InChI is InChI=1S/C10H14/c1-2-4-6-8-10-9-7-5-3-1/h1-4,9-10H,5-8H2/b3-1-,4-2-,10-9?. The lowest BCUT2D eigenvalue weighted by molar-refractivity contribution is 0.998. The van der Waals surface area contributed by atoms with Gasteiger partial charge in [0, 0.05) is 0 Å². The lowest BCUT2D eigenvalue weighted by Crippen LogP contribution is -1.69. The second-order valence-electron chi connectivity index (χ2n) is 2.48. The lowest BCUT2D eigenvalue weighted by atomic mass is 10.2. The molecule has 0 spiro atoms. The number of rotatable bonds is 0. The van der Waals surface area contributed by atoms with Crippen molar-refractivity contribution in [3.63, 3.8) is 0 Å². The molecule has 0 aromatic carbocycles. The van der Waals surface area contributed by atoms with Gasteiger partial charge in [-0.25, -0.2) is 0 Å². The maximum absolute atomic E-state index is 2.27. The Bertz CT molecular complexity index is 131. The van der Waals surface area contributed by atoms with E-state index < -0.39 is 0 Å². The average molecular weight is 134 g/mol. The molecule has 0 atom stereocenters. The van der Waals surface area contributed by atoms with Crippen LogP contribution in [0.3, 0.4) is 0 Å². The van der Waals surface area contributed by atoms with Crippen LogP contribution in [0.4, 0.5) is 0 Å². The molecule has 1 rings (SSSR count). The quantitative estimate of drug-likeness (QED) is 0.446. The summed E-state index contributed by atoms with van der Waals surface area (Å²) in [5, 5.41) is 0. The molecule has 0 N–H and O–H groups in total. The predicted octanol–water partition coefficient (Wildman–Crippen LogP) is 3.23. The molecule has 0 nitrogen and oxygen atoms in total. The SMILES string of the molecule is C1=CCC/C=C\C=C/CC1. The van der Waals surface area contributed by atoms with E-state index in [1.54, 1.807) is 0 Å². The van der Waals surface area contributed by atoms with Crippen LogP contribution < -0.4 is 0 Å². The van der Waals surface area contributed by atoms with E-state index in [-0.39, 0.29) is 0 Å². The van der Waals surface area contributed by atoms with Crippen molar-refractivity contribution in [2.75, 3.05) is 0 Å². The first-order valence-electron chi connectivity index (χ1n) is 3.97. The maximum Gasteiger partial charge on any atom is -0.0313 e. The van der Waals surface area contributed by atoms with E-state index in [0.29, 0.717) is 0 Å². The largest absolute Gasteiger partial charge is 0.0882 e. The van der Waals surface area contributed by atoms with Crippen molar-refractivity contribution in [3.05, 3.63) is 36.5 Å². The van der Waals surface area contributed by atoms with Gasteiger partial charge in [0.05, 0.1) is 0 Å². The zero-order valence-corrected chi connectivity index (χ0v) is 6.29. The van der Waals surface area contributed by atoms with Crippen molar-refractivity contribution in [3.8, 4) is 0 Å². The Labute approximate surface area is 62.9 Å². The first kappa shape index (κ1) is 7.33. The summed E-state index contributed by atoms with van der Waals surface area (Å²) in [6.45, 7) is 0. The second-order valence-corrected chi connectivity index (χ2v) is 2.48. The highest BCUT2D eigenvalue weighted by atomic mass is 13.9. The Kier molecular flexibility index (Phi) is 3.69. The first-order chi connectivity index (χ1) is 5.00. The van der Waals surface area contributed by atoms with Crippen LogP contribution >= 0.6 is 0 Å². The van der Waals surface area contributed by atoms with Gasteiger partial charge in [-0.05, 0) is 25.7 Å². The molecule has 0 unspecified atom stereocenters. The fraction of sp³-hybridized carbons (Fsp3) is 0.400. The molecule has 54 valence electrons. The molecule has 0 aromatic rings. The smallest absolute Gasteiger partial charge is 0.0313 e. The van der Waals surface area contributed by atoms with Crippen molar-refractivity contribution in [2.45, 2.75) is 25.7 Å². The van der Waals surface area contributed by atoms with Crippen molar-refractivity contribution in [2.24, 2.45) is 0 Å². The van der Waals surface area contributed by atoms with Crippen molar-refractivity contribution >= 4 is 0 Å². The third-order valence-electron chi connectivity index (χ3n) is 1.55. The Balaban J connectivity index is 2.38. The van der Waals surface area contributed by atoms with Crippen molar-refractivity contribution < 1.29 is 0 Å². The number of hydrogen-bond acceptors (Lipinski definition) is 0. The fourth-order valence-corrected chi connectivity index (χ4v) is 0.970. The molecule has 0 heteroatoms. The van der Waals surface area contributed by atoms with Gasteiger partial charge in [-0.2, -0.15) is 0 Å². The summed E-state index contributed by atoms with van der Waals surface area (Å²) >= 11 is 0. The van der Waals surface area contributed by atoms with Gasteiger partial charge in [-0.15, -0.1) is 0 Å². The Morgan fingerprint density at radius 3 is 1.40 bits per heavy atom. The van der Waals surface area contributed by atoms with Crippen LogP contribution in [0.5, 0.6) is 0 Å². The van der Waals surface area contributed by atoms with Crippen LogP contribution in [-0.4, -0.2) is 0 Å². The number of hydrogen-bond donors (Lipinski definition) is 0. The fourth-order valence-electron chi connectivity index (χ4n) is 0.970. The normalized spacial score (nSPS) is 25.6. The van der Waals surface area contributed by atoms with Gasteiger partial charge >= 0.3 is 0 Å². The molecule has 0 amide bonds. The van der Waals surface area contributed by atoms with Gasteiger partial charge in [0.25, 0.3) is 0 Å². The van der Waals surface area contributed by atoms with Crippen LogP contribution in [0.1, 0.15) is 25.7 Å². The van der Waals surface area contributed by atoms with Gasteiger partial charge in [0.15, 0.2) is 0 Å². The zero-order chi connectivity index (χ0) is 7.07. The minimum absolute atomic E-state index is 1.18. The summed E-state index contributed by atoms with van der Waals surface area (Å²) in [7, 11) is 0. The minimum atomic E-state index is 1.18. The highest BCUT2D eigenvalue weighted by Crippen LogP contribution is 2.00. The topological polar surface area (TPSA) is 0 Å². The van der Waals surface area contributed by atoms with E-state index >= 15 is 0 Å². The predicted molar refractivity (Wildman–Crippen MR) is 45.9 cm³/mol. The van der Waals surface area contributed by atoms with E-state index in [1.807, 2.05) is 0 Å². The zero-order valence-electron chi connectivity index (χ0n) is 6.29. The highest BCUT2D eigenvalue weighted by Gasteiger charge is 1.79. The lowest BCUT2D eigenvalue weighted by Gasteiger charge is -1.90. The molecule has 0 aliphatic heterocycles. The van der Waals surface area contributed by atoms with E-state index in [0.717, 1.165) is 0 Å². The summed E-state index contributed by atoms with van der Waals surface area (Å²) in [6.07, 6.45) is 18.0. The maximum atomic E-state index is 2.27.